The van der Waals surface area contributed by atoms with E-state index in [0.29, 0.717) is 12.2 Å². The summed E-state index contributed by atoms with van der Waals surface area (Å²) in [6.45, 7) is 4.70. The number of carbonyl (C=O) groups excluding carboxylic acids is 1. The number of amides is 1. The zero-order chi connectivity index (χ0) is 15.4. The molecule has 0 spiro atoms. The summed E-state index contributed by atoms with van der Waals surface area (Å²) in [4.78, 5) is 18.8. The van der Waals surface area contributed by atoms with E-state index in [1.807, 2.05) is 36.4 Å². The lowest BCUT2D eigenvalue weighted by atomic mass is 10.1. The van der Waals surface area contributed by atoms with Crippen molar-refractivity contribution in [2.75, 3.05) is 18.0 Å². The van der Waals surface area contributed by atoms with Crippen molar-refractivity contribution < 1.29 is 4.79 Å². The largest absolute Gasteiger partial charge is 0.371 e. The van der Waals surface area contributed by atoms with Gasteiger partial charge in [0.05, 0.1) is 0 Å². The second kappa shape index (κ2) is 6.60. The summed E-state index contributed by atoms with van der Waals surface area (Å²) < 4.78 is 0. The second-order valence-electron chi connectivity index (χ2n) is 5.76. The predicted octanol–water partition coefficient (Wildman–Crippen LogP) is 2.92. The van der Waals surface area contributed by atoms with Crippen molar-refractivity contribution in [2.24, 2.45) is 0 Å². The number of anilines is 1. The highest BCUT2D eigenvalue weighted by molar-refractivity contribution is 5.93. The summed E-state index contributed by atoms with van der Waals surface area (Å²) in [7, 11) is 0. The van der Waals surface area contributed by atoms with Crippen LogP contribution in [0.2, 0.25) is 0 Å². The van der Waals surface area contributed by atoms with Crippen LogP contribution in [0.4, 0.5) is 5.69 Å². The van der Waals surface area contributed by atoms with Crippen molar-refractivity contribution in [3.63, 3.8) is 0 Å². The fourth-order valence-electron chi connectivity index (χ4n) is 2.69. The Hall–Kier alpha value is -2.36. The van der Waals surface area contributed by atoms with E-state index >= 15 is 0 Å². The first-order valence-corrected chi connectivity index (χ1v) is 7.77. The van der Waals surface area contributed by atoms with Gasteiger partial charge in [0.1, 0.15) is 5.69 Å². The molecule has 0 unspecified atom stereocenters. The minimum atomic E-state index is -0.123. The third-order valence-electron chi connectivity index (χ3n) is 4.02. The molecule has 1 amide bonds. The van der Waals surface area contributed by atoms with Gasteiger partial charge in [-0.25, -0.2) is 0 Å². The molecular formula is C18H21N3O. The molecule has 1 aliphatic heterocycles. The van der Waals surface area contributed by atoms with Gasteiger partial charge in [0.2, 0.25) is 0 Å². The second-order valence-corrected chi connectivity index (χ2v) is 5.76. The standard InChI is InChI=1S/C18H21N3O/c1-14-4-6-15(7-5-14)13-20-18(22)17-12-16(8-9-19-17)21-10-2-3-11-21/h4-9,12H,2-3,10-11,13H2,1H3,(H,20,22). The molecule has 0 atom stereocenters. The lowest BCUT2D eigenvalue weighted by molar-refractivity contribution is 0.0946. The van der Waals surface area contributed by atoms with Gasteiger partial charge in [-0.15, -0.1) is 0 Å². The topological polar surface area (TPSA) is 45.2 Å². The molecule has 0 radical (unpaired) electrons. The minimum Gasteiger partial charge on any atom is -0.371 e. The molecule has 4 heteroatoms. The van der Waals surface area contributed by atoms with Crippen LogP contribution in [0.15, 0.2) is 42.6 Å². The Morgan fingerprint density at radius 2 is 1.91 bits per heavy atom. The van der Waals surface area contributed by atoms with Crippen molar-refractivity contribution >= 4 is 11.6 Å². The highest BCUT2D eigenvalue weighted by Crippen LogP contribution is 2.20. The van der Waals surface area contributed by atoms with Crippen LogP contribution in [0.5, 0.6) is 0 Å². The molecule has 1 aromatic heterocycles. The van der Waals surface area contributed by atoms with Crippen molar-refractivity contribution in [1.82, 2.24) is 10.3 Å². The van der Waals surface area contributed by atoms with E-state index < -0.39 is 0 Å². The van der Waals surface area contributed by atoms with E-state index in [0.717, 1.165) is 24.3 Å². The number of pyridine rings is 1. The maximum Gasteiger partial charge on any atom is 0.270 e. The fraction of sp³-hybridized carbons (Fsp3) is 0.333. The quantitative estimate of drug-likeness (QED) is 0.943. The van der Waals surface area contributed by atoms with Crippen LogP contribution in [0.1, 0.15) is 34.5 Å². The lowest BCUT2D eigenvalue weighted by Crippen LogP contribution is -2.25. The van der Waals surface area contributed by atoms with Gasteiger partial charge in [-0.05, 0) is 37.5 Å². The van der Waals surface area contributed by atoms with Crippen molar-refractivity contribution in [2.45, 2.75) is 26.3 Å². The first-order chi connectivity index (χ1) is 10.7. The first-order valence-electron chi connectivity index (χ1n) is 7.77. The Kier molecular flexibility index (Phi) is 4.37. The van der Waals surface area contributed by atoms with Gasteiger partial charge in [-0.3, -0.25) is 9.78 Å². The molecule has 4 nitrogen and oxygen atoms in total. The number of hydrogen-bond acceptors (Lipinski definition) is 3. The third-order valence-corrected chi connectivity index (χ3v) is 4.02. The van der Waals surface area contributed by atoms with Crippen molar-refractivity contribution in [3.05, 3.63) is 59.4 Å². The molecule has 1 aliphatic rings. The molecule has 0 bridgehead atoms. The number of rotatable bonds is 4. The van der Waals surface area contributed by atoms with Gasteiger partial charge in [0.25, 0.3) is 5.91 Å². The van der Waals surface area contributed by atoms with Gasteiger partial charge in [-0.1, -0.05) is 29.8 Å². The average molecular weight is 295 g/mol. The third kappa shape index (κ3) is 3.45. The summed E-state index contributed by atoms with van der Waals surface area (Å²) in [5, 5.41) is 2.93. The zero-order valence-corrected chi connectivity index (χ0v) is 12.9. The zero-order valence-electron chi connectivity index (χ0n) is 12.9. The Balaban J connectivity index is 1.64. The highest BCUT2D eigenvalue weighted by atomic mass is 16.1. The maximum absolute atomic E-state index is 12.3. The first kappa shape index (κ1) is 14.6. The molecule has 1 aromatic carbocycles. The Morgan fingerprint density at radius 1 is 1.18 bits per heavy atom. The molecule has 2 aromatic rings. The molecule has 0 aliphatic carbocycles. The van der Waals surface area contributed by atoms with Crippen LogP contribution in [0, 0.1) is 6.92 Å². The monoisotopic (exact) mass is 295 g/mol. The normalized spacial score (nSPS) is 14.1. The molecule has 1 saturated heterocycles. The molecule has 1 N–H and O–H groups in total. The van der Waals surface area contributed by atoms with Gasteiger partial charge >= 0.3 is 0 Å². The van der Waals surface area contributed by atoms with E-state index in [2.05, 4.69) is 22.1 Å². The molecular weight excluding hydrogens is 274 g/mol. The van der Waals surface area contributed by atoms with Gasteiger partial charge in [0.15, 0.2) is 0 Å². The van der Waals surface area contributed by atoms with Crippen molar-refractivity contribution in [1.29, 1.82) is 0 Å². The maximum atomic E-state index is 12.3. The van der Waals surface area contributed by atoms with E-state index in [4.69, 9.17) is 0 Å². The van der Waals surface area contributed by atoms with Gasteiger partial charge < -0.3 is 10.2 Å². The summed E-state index contributed by atoms with van der Waals surface area (Å²) in [6, 6.07) is 12.0. The van der Waals surface area contributed by atoms with Crippen LogP contribution in [-0.4, -0.2) is 24.0 Å². The van der Waals surface area contributed by atoms with Crippen LogP contribution in [0.25, 0.3) is 0 Å². The van der Waals surface area contributed by atoms with Crippen LogP contribution in [0.3, 0.4) is 0 Å². The molecule has 1 fully saturated rings. The average Bonchev–Trinajstić information content (AvgIpc) is 3.09. The van der Waals surface area contributed by atoms with Crippen LogP contribution < -0.4 is 10.2 Å². The van der Waals surface area contributed by atoms with Crippen LogP contribution >= 0.6 is 0 Å². The number of aromatic nitrogens is 1. The van der Waals surface area contributed by atoms with Crippen molar-refractivity contribution in [3.8, 4) is 0 Å². The fourth-order valence-corrected chi connectivity index (χ4v) is 2.69. The lowest BCUT2D eigenvalue weighted by Gasteiger charge is -2.17. The molecule has 3 rings (SSSR count). The minimum absolute atomic E-state index is 0.123. The number of hydrogen-bond donors (Lipinski definition) is 1. The van der Waals surface area contributed by atoms with Crippen LogP contribution in [-0.2, 0) is 6.54 Å². The summed E-state index contributed by atoms with van der Waals surface area (Å²) in [6.07, 6.45) is 4.16. The Labute approximate surface area is 131 Å². The number of carbonyl (C=O) groups is 1. The number of aryl methyl sites for hydroxylation is 1. The predicted molar refractivity (Wildman–Crippen MR) is 88.0 cm³/mol. The summed E-state index contributed by atoms with van der Waals surface area (Å²) in [5.41, 5.74) is 3.88. The molecule has 2 heterocycles. The van der Waals surface area contributed by atoms with E-state index in [1.165, 1.54) is 18.4 Å². The Bertz CT molecular complexity index is 646. The van der Waals surface area contributed by atoms with E-state index in [1.54, 1.807) is 6.20 Å². The highest BCUT2D eigenvalue weighted by Gasteiger charge is 2.14. The number of benzene rings is 1. The molecule has 114 valence electrons. The molecule has 0 saturated carbocycles. The Morgan fingerprint density at radius 3 is 2.64 bits per heavy atom. The summed E-state index contributed by atoms with van der Waals surface area (Å²) >= 11 is 0. The SMILES string of the molecule is Cc1ccc(CNC(=O)c2cc(N3CCCC3)ccn2)cc1. The van der Waals surface area contributed by atoms with E-state index in [-0.39, 0.29) is 5.91 Å². The van der Waals surface area contributed by atoms with Gasteiger partial charge in [0, 0.05) is 31.5 Å². The number of nitrogens with zero attached hydrogens (tertiary/aromatic N) is 2. The smallest absolute Gasteiger partial charge is 0.270 e. The molecule has 22 heavy (non-hydrogen) atoms. The van der Waals surface area contributed by atoms with E-state index in [9.17, 15) is 4.79 Å². The van der Waals surface area contributed by atoms with Gasteiger partial charge in [-0.2, -0.15) is 0 Å². The number of nitrogens with one attached hydrogen (secondary N) is 1. The summed E-state index contributed by atoms with van der Waals surface area (Å²) in [5.74, 6) is -0.123.